The smallest absolute Gasteiger partial charge is 0.407 e. The number of rotatable bonds is 2. The van der Waals surface area contributed by atoms with E-state index in [4.69, 9.17) is 5.11 Å². The minimum Gasteiger partial charge on any atom is -0.465 e. The molecule has 1 amide bonds. The van der Waals surface area contributed by atoms with Crippen molar-refractivity contribution in [1.29, 1.82) is 0 Å². The van der Waals surface area contributed by atoms with Crippen LogP contribution in [-0.4, -0.2) is 37.3 Å². The molecule has 1 aromatic carbocycles. The van der Waals surface area contributed by atoms with Crippen LogP contribution in [0.15, 0.2) is 18.2 Å². The molecule has 0 radical (unpaired) electrons. The van der Waals surface area contributed by atoms with Crippen molar-refractivity contribution >= 4 is 21.8 Å². The van der Waals surface area contributed by atoms with Crippen LogP contribution in [0.3, 0.4) is 0 Å². The number of nitrogens with zero attached hydrogens (tertiary/aromatic N) is 1. The number of benzene rings is 1. The summed E-state index contributed by atoms with van der Waals surface area (Å²) in [4.78, 5) is 12.2. The SMILES string of the molecule is CS(=O)(=O)Nc1ccc2c(c1)CCN(C(=O)O)C2. The Balaban J connectivity index is 2.22. The summed E-state index contributed by atoms with van der Waals surface area (Å²) in [6.45, 7) is 0.786. The molecular weight excluding hydrogens is 256 g/mol. The van der Waals surface area contributed by atoms with Crippen molar-refractivity contribution in [3.63, 3.8) is 0 Å². The number of anilines is 1. The molecule has 0 saturated carbocycles. The molecule has 0 atom stereocenters. The Morgan fingerprint density at radius 2 is 2.11 bits per heavy atom. The van der Waals surface area contributed by atoms with E-state index in [2.05, 4.69) is 4.72 Å². The third kappa shape index (κ3) is 2.92. The van der Waals surface area contributed by atoms with Gasteiger partial charge in [-0.2, -0.15) is 0 Å². The molecule has 0 aliphatic carbocycles. The van der Waals surface area contributed by atoms with Crippen molar-refractivity contribution < 1.29 is 18.3 Å². The molecule has 7 heteroatoms. The Bertz CT molecular complexity index is 583. The molecule has 0 bridgehead atoms. The highest BCUT2D eigenvalue weighted by molar-refractivity contribution is 7.92. The lowest BCUT2D eigenvalue weighted by Crippen LogP contribution is -2.34. The highest BCUT2D eigenvalue weighted by Crippen LogP contribution is 2.23. The zero-order valence-corrected chi connectivity index (χ0v) is 10.7. The molecule has 1 aliphatic rings. The van der Waals surface area contributed by atoms with Crippen molar-refractivity contribution in [2.75, 3.05) is 17.5 Å². The summed E-state index contributed by atoms with van der Waals surface area (Å²) in [7, 11) is -3.28. The molecule has 0 fully saturated rings. The van der Waals surface area contributed by atoms with Crippen LogP contribution < -0.4 is 4.72 Å². The summed E-state index contributed by atoms with van der Waals surface area (Å²) >= 11 is 0. The first kappa shape index (κ1) is 12.7. The van der Waals surface area contributed by atoms with Crippen LogP contribution in [-0.2, 0) is 23.0 Å². The fraction of sp³-hybridized carbons (Fsp3) is 0.364. The first-order valence-corrected chi connectivity index (χ1v) is 7.32. The van der Waals surface area contributed by atoms with Gasteiger partial charge in [0.25, 0.3) is 0 Å². The van der Waals surface area contributed by atoms with E-state index < -0.39 is 16.1 Å². The molecule has 6 nitrogen and oxygen atoms in total. The van der Waals surface area contributed by atoms with Crippen molar-refractivity contribution in [3.05, 3.63) is 29.3 Å². The van der Waals surface area contributed by atoms with Crippen LogP contribution >= 0.6 is 0 Å². The van der Waals surface area contributed by atoms with E-state index in [9.17, 15) is 13.2 Å². The summed E-state index contributed by atoms with van der Waals surface area (Å²) in [5.41, 5.74) is 2.42. The predicted octanol–water partition coefficient (Wildman–Crippen LogP) is 1.09. The van der Waals surface area contributed by atoms with Crippen molar-refractivity contribution in [2.45, 2.75) is 13.0 Å². The highest BCUT2D eigenvalue weighted by atomic mass is 32.2. The Labute approximate surface area is 105 Å². The lowest BCUT2D eigenvalue weighted by Gasteiger charge is -2.26. The second-order valence-corrected chi connectivity index (χ2v) is 6.06. The topological polar surface area (TPSA) is 86.7 Å². The van der Waals surface area contributed by atoms with Gasteiger partial charge in [-0.3, -0.25) is 4.72 Å². The van der Waals surface area contributed by atoms with Crippen LogP contribution in [0.5, 0.6) is 0 Å². The summed E-state index contributed by atoms with van der Waals surface area (Å²) in [5, 5.41) is 8.91. The molecule has 2 rings (SSSR count). The summed E-state index contributed by atoms with van der Waals surface area (Å²) in [6, 6.07) is 5.17. The molecule has 0 saturated heterocycles. The fourth-order valence-corrected chi connectivity index (χ4v) is 2.55. The molecular formula is C11H14N2O4S. The van der Waals surface area contributed by atoms with Gasteiger partial charge in [-0.25, -0.2) is 13.2 Å². The zero-order valence-electron chi connectivity index (χ0n) is 9.88. The molecule has 98 valence electrons. The number of hydrogen-bond donors (Lipinski definition) is 2. The zero-order chi connectivity index (χ0) is 13.3. The molecule has 1 aliphatic heterocycles. The van der Waals surface area contributed by atoms with Crippen LogP contribution in [0, 0.1) is 0 Å². The maximum Gasteiger partial charge on any atom is 0.407 e. The quantitative estimate of drug-likeness (QED) is 0.842. The fourth-order valence-electron chi connectivity index (χ4n) is 1.99. The van der Waals surface area contributed by atoms with Gasteiger partial charge < -0.3 is 10.0 Å². The van der Waals surface area contributed by atoms with Crippen LogP contribution in [0.1, 0.15) is 11.1 Å². The minimum atomic E-state index is -3.28. The second-order valence-electron chi connectivity index (χ2n) is 4.31. The average molecular weight is 270 g/mol. The number of hydrogen-bond acceptors (Lipinski definition) is 3. The van der Waals surface area contributed by atoms with Gasteiger partial charge in [0.2, 0.25) is 10.0 Å². The number of fused-ring (bicyclic) bond motifs is 1. The Hall–Kier alpha value is -1.76. The number of sulfonamides is 1. The van der Waals surface area contributed by atoms with E-state index in [0.29, 0.717) is 25.2 Å². The summed E-state index contributed by atoms with van der Waals surface area (Å²) in [5.74, 6) is 0. The maximum atomic E-state index is 11.1. The van der Waals surface area contributed by atoms with Gasteiger partial charge in [-0.1, -0.05) is 6.07 Å². The molecule has 0 unspecified atom stereocenters. The normalized spacial score (nSPS) is 15.1. The van der Waals surface area contributed by atoms with Gasteiger partial charge in [0.05, 0.1) is 6.26 Å². The maximum absolute atomic E-state index is 11.1. The van der Waals surface area contributed by atoms with Crippen LogP contribution in [0.2, 0.25) is 0 Å². The number of nitrogens with one attached hydrogen (secondary N) is 1. The minimum absolute atomic E-state index is 0.351. The van der Waals surface area contributed by atoms with E-state index in [1.165, 1.54) is 4.90 Å². The molecule has 1 aromatic rings. The van der Waals surface area contributed by atoms with Gasteiger partial charge in [0.15, 0.2) is 0 Å². The van der Waals surface area contributed by atoms with E-state index in [1.807, 2.05) is 0 Å². The lowest BCUT2D eigenvalue weighted by molar-refractivity contribution is 0.140. The van der Waals surface area contributed by atoms with Gasteiger partial charge >= 0.3 is 6.09 Å². The van der Waals surface area contributed by atoms with E-state index >= 15 is 0 Å². The van der Waals surface area contributed by atoms with Crippen molar-refractivity contribution in [3.8, 4) is 0 Å². The third-order valence-electron chi connectivity index (χ3n) is 2.79. The third-order valence-corrected chi connectivity index (χ3v) is 3.40. The first-order valence-electron chi connectivity index (χ1n) is 5.42. The van der Waals surface area contributed by atoms with E-state index in [1.54, 1.807) is 18.2 Å². The van der Waals surface area contributed by atoms with Gasteiger partial charge in [0, 0.05) is 18.8 Å². The Morgan fingerprint density at radius 1 is 1.39 bits per heavy atom. The van der Waals surface area contributed by atoms with Crippen LogP contribution in [0.4, 0.5) is 10.5 Å². The van der Waals surface area contributed by atoms with Crippen LogP contribution in [0.25, 0.3) is 0 Å². The molecule has 1 heterocycles. The van der Waals surface area contributed by atoms with Crippen molar-refractivity contribution in [1.82, 2.24) is 4.90 Å². The van der Waals surface area contributed by atoms with Crippen molar-refractivity contribution in [2.24, 2.45) is 0 Å². The molecule has 0 aromatic heterocycles. The molecule has 0 spiro atoms. The standard InChI is InChI=1S/C11H14N2O4S/c1-18(16,17)12-10-3-2-9-7-13(11(14)15)5-4-8(9)6-10/h2-3,6,12H,4-5,7H2,1H3,(H,14,15). The predicted molar refractivity (Wildman–Crippen MR) is 67.0 cm³/mol. The van der Waals surface area contributed by atoms with Gasteiger partial charge in [-0.05, 0) is 29.7 Å². The number of carboxylic acid groups (broad SMARTS) is 1. The lowest BCUT2D eigenvalue weighted by atomic mass is 9.99. The highest BCUT2D eigenvalue weighted by Gasteiger charge is 2.20. The number of amides is 1. The second kappa shape index (κ2) is 4.49. The Kier molecular flexibility index (Phi) is 3.16. The Morgan fingerprint density at radius 3 is 2.72 bits per heavy atom. The monoisotopic (exact) mass is 270 g/mol. The van der Waals surface area contributed by atoms with Gasteiger partial charge in [-0.15, -0.1) is 0 Å². The number of carbonyl (C=O) groups is 1. The van der Waals surface area contributed by atoms with Gasteiger partial charge in [0.1, 0.15) is 0 Å². The summed E-state index contributed by atoms with van der Waals surface area (Å²) < 4.78 is 24.6. The van der Waals surface area contributed by atoms with E-state index in [0.717, 1.165) is 17.4 Å². The largest absolute Gasteiger partial charge is 0.465 e. The molecule has 18 heavy (non-hydrogen) atoms. The summed E-state index contributed by atoms with van der Waals surface area (Å²) in [6.07, 6.45) is 0.762. The molecule has 2 N–H and O–H groups in total. The average Bonchev–Trinajstić information content (AvgIpc) is 2.26. The first-order chi connectivity index (χ1) is 8.35. The van der Waals surface area contributed by atoms with E-state index in [-0.39, 0.29) is 0 Å².